The van der Waals surface area contributed by atoms with Crippen molar-refractivity contribution in [3.63, 3.8) is 0 Å². The molecule has 7 heteroatoms. The Balaban J connectivity index is 0.00000338. The molecule has 0 bridgehead atoms. The summed E-state index contributed by atoms with van der Waals surface area (Å²) in [5, 5.41) is 11.3. The van der Waals surface area contributed by atoms with Gasteiger partial charge in [-0.05, 0) is 50.6 Å². The highest BCUT2D eigenvalue weighted by atomic mass is 127. The molecule has 0 amide bonds. The maximum absolute atomic E-state index is 4.65. The van der Waals surface area contributed by atoms with Crippen LogP contribution in [0.3, 0.4) is 0 Å². The zero-order chi connectivity index (χ0) is 17.9. The molecular weight excluding hydrogens is 457 g/mol. The Morgan fingerprint density at radius 3 is 2.69 bits per heavy atom. The van der Waals surface area contributed by atoms with Gasteiger partial charge in [0.15, 0.2) is 5.96 Å². The smallest absolute Gasteiger partial charge is 0.191 e. The fraction of sp³-hybridized carbons (Fsp3) is 0.474. The molecule has 0 unspecified atom stereocenters. The number of nitrogens with one attached hydrogen (secondary N) is 2. The lowest BCUT2D eigenvalue weighted by Gasteiger charge is -2.10. The number of aromatic nitrogens is 2. The number of para-hydroxylation sites is 1. The number of halogens is 1. The first-order valence-corrected chi connectivity index (χ1v) is 10.3. The van der Waals surface area contributed by atoms with E-state index in [1.807, 2.05) is 34.6 Å². The van der Waals surface area contributed by atoms with Gasteiger partial charge in [0.1, 0.15) is 0 Å². The molecular formula is C19H30IN5S. The van der Waals surface area contributed by atoms with Crippen molar-refractivity contribution in [2.75, 3.05) is 31.6 Å². The van der Waals surface area contributed by atoms with Crippen molar-refractivity contribution in [3.8, 4) is 5.69 Å². The second kappa shape index (κ2) is 13.0. The van der Waals surface area contributed by atoms with Gasteiger partial charge in [-0.1, -0.05) is 18.2 Å². The highest BCUT2D eigenvalue weighted by molar-refractivity contribution is 14.0. The fourth-order valence-electron chi connectivity index (χ4n) is 2.53. The molecule has 0 fully saturated rings. The zero-order valence-electron chi connectivity index (χ0n) is 15.9. The van der Waals surface area contributed by atoms with Crippen molar-refractivity contribution >= 4 is 41.7 Å². The molecule has 0 radical (unpaired) electrons. The molecule has 0 aliphatic rings. The van der Waals surface area contributed by atoms with Crippen LogP contribution in [0.4, 0.5) is 0 Å². The number of benzene rings is 1. The third kappa shape index (κ3) is 7.57. The minimum Gasteiger partial charge on any atom is -0.357 e. The van der Waals surface area contributed by atoms with Crippen LogP contribution in [0, 0.1) is 6.92 Å². The van der Waals surface area contributed by atoms with Gasteiger partial charge in [-0.15, -0.1) is 24.0 Å². The summed E-state index contributed by atoms with van der Waals surface area (Å²) < 4.78 is 1.96. The van der Waals surface area contributed by atoms with E-state index < -0.39 is 0 Å². The third-order valence-electron chi connectivity index (χ3n) is 3.84. The molecule has 2 rings (SSSR count). The second-order valence-electron chi connectivity index (χ2n) is 5.80. The number of hydrogen-bond donors (Lipinski definition) is 2. The Labute approximate surface area is 178 Å². The Morgan fingerprint density at radius 1 is 1.23 bits per heavy atom. The van der Waals surface area contributed by atoms with Crippen molar-refractivity contribution in [1.29, 1.82) is 0 Å². The van der Waals surface area contributed by atoms with Crippen molar-refractivity contribution < 1.29 is 0 Å². The average Bonchev–Trinajstić information content (AvgIpc) is 3.00. The van der Waals surface area contributed by atoms with Gasteiger partial charge < -0.3 is 10.6 Å². The first kappa shape index (κ1) is 22.8. The molecule has 0 saturated heterocycles. The van der Waals surface area contributed by atoms with E-state index in [1.165, 1.54) is 5.56 Å². The molecule has 144 valence electrons. The van der Waals surface area contributed by atoms with Crippen molar-refractivity contribution in [1.82, 2.24) is 20.4 Å². The van der Waals surface area contributed by atoms with E-state index in [4.69, 9.17) is 0 Å². The van der Waals surface area contributed by atoms with Crippen molar-refractivity contribution in [3.05, 3.63) is 47.8 Å². The van der Waals surface area contributed by atoms with Gasteiger partial charge in [-0.3, -0.25) is 4.99 Å². The number of guanidine groups is 1. The van der Waals surface area contributed by atoms with Crippen LogP contribution in [0.2, 0.25) is 0 Å². The van der Waals surface area contributed by atoms with Gasteiger partial charge in [0.25, 0.3) is 0 Å². The third-order valence-corrected chi connectivity index (χ3v) is 4.45. The maximum atomic E-state index is 4.65. The first-order chi connectivity index (χ1) is 12.2. The van der Waals surface area contributed by atoms with E-state index in [0.29, 0.717) is 0 Å². The molecule has 2 aromatic rings. The number of rotatable bonds is 9. The van der Waals surface area contributed by atoms with Gasteiger partial charge >= 0.3 is 0 Å². The summed E-state index contributed by atoms with van der Waals surface area (Å²) in [5.41, 5.74) is 3.49. The molecule has 2 N–H and O–H groups in total. The summed E-state index contributed by atoms with van der Waals surface area (Å²) in [6.45, 7) is 6.80. The molecule has 0 aliphatic carbocycles. The molecule has 1 aromatic heterocycles. The fourth-order valence-corrected chi connectivity index (χ4v) is 2.83. The summed E-state index contributed by atoms with van der Waals surface area (Å²) in [7, 11) is 0. The van der Waals surface area contributed by atoms with Crippen molar-refractivity contribution in [2.24, 2.45) is 4.99 Å². The first-order valence-electron chi connectivity index (χ1n) is 8.86. The van der Waals surface area contributed by atoms with Gasteiger partial charge in [0.2, 0.25) is 0 Å². The minimum absolute atomic E-state index is 0. The number of aliphatic imine (C=N–C) groups is 1. The lowest BCUT2D eigenvalue weighted by Crippen LogP contribution is -2.38. The Bertz CT molecular complexity index is 657. The van der Waals surface area contributed by atoms with Crippen LogP contribution in [0.1, 0.15) is 24.6 Å². The quantitative estimate of drug-likeness (QED) is 0.246. The summed E-state index contributed by atoms with van der Waals surface area (Å²) in [6.07, 6.45) is 6.26. The Morgan fingerprint density at radius 2 is 2.00 bits per heavy atom. The van der Waals surface area contributed by atoms with E-state index in [2.05, 4.69) is 59.2 Å². The number of aryl methyl sites for hydroxylation is 2. The van der Waals surface area contributed by atoms with Crippen LogP contribution in [0.15, 0.2) is 41.5 Å². The predicted octanol–water partition coefficient (Wildman–Crippen LogP) is 3.65. The highest BCUT2D eigenvalue weighted by Crippen LogP contribution is 2.13. The van der Waals surface area contributed by atoms with Crippen molar-refractivity contribution in [2.45, 2.75) is 26.7 Å². The van der Waals surface area contributed by atoms with E-state index in [9.17, 15) is 0 Å². The molecule has 1 aromatic carbocycles. The monoisotopic (exact) mass is 487 g/mol. The molecule has 26 heavy (non-hydrogen) atoms. The van der Waals surface area contributed by atoms with Gasteiger partial charge in [-0.25, -0.2) is 4.68 Å². The summed E-state index contributed by atoms with van der Waals surface area (Å²) in [5.74, 6) is 2.00. The lowest BCUT2D eigenvalue weighted by molar-refractivity contribution is 0.794. The highest BCUT2D eigenvalue weighted by Gasteiger charge is 2.06. The molecule has 0 atom stereocenters. The number of thioether (sulfide) groups is 1. The molecule has 0 aliphatic heterocycles. The average molecular weight is 487 g/mol. The summed E-state index contributed by atoms with van der Waals surface area (Å²) in [4.78, 5) is 4.65. The topological polar surface area (TPSA) is 54.2 Å². The molecule has 0 saturated carbocycles. The lowest BCUT2D eigenvalue weighted by atomic mass is 10.1. The molecule has 5 nitrogen and oxygen atoms in total. The van der Waals surface area contributed by atoms with E-state index in [0.717, 1.165) is 55.6 Å². The predicted molar refractivity (Wildman–Crippen MR) is 124 cm³/mol. The van der Waals surface area contributed by atoms with Gasteiger partial charge in [0, 0.05) is 31.6 Å². The second-order valence-corrected chi connectivity index (χ2v) is 6.79. The Kier molecular flexibility index (Phi) is 11.4. The number of nitrogens with zero attached hydrogens (tertiary/aromatic N) is 3. The largest absolute Gasteiger partial charge is 0.357 e. The van der Waals surface area contributed by atoms with Gasteiger partial charge in [-0.2, -0.15) is 16.9 Å². The standard InChI is InChI=1S/C19H29N5S.HI/c1-4-20-19(22-13-14-25-3)21-12-8-9-17-15-24(23-16(17)2)18-10-6-5-7-11-18;/h5-7,10-11,15H,4,8-9,12-14H2,1-3H3,(H2,20,21,22);1H. The number of hydrogen-bond acceptors (Lipinski definition) is 3. The molecule has 1 heterocycles. The maximum Gasteiger partial charge on any atom is 0.191 e. The molecule has 0 spiro atoms. The van der Waals surface area contributed by atoms with Crippen LogP contribution in [-0.2, 0) is 6.42 Å². The van der Waals surface area contributed by atoms with E-state index >= 15 is 0 Å². The van der Waals surface area contributed by atoms with Gasteiger partial charge in [0.05, 0.1) is 11.4 Å². The normalized spacial score (nSPS) is 11.1. The van der Waals surface area contributed by atoms with E-state index in [-0.39, 0.29) is 24.0 Å². The van der Waals surface area contributed by atoms with E-state index in [1.54, 1.807) is 0 Å². The zero-order valence-corrected chi connectivity index (χ0v) is 19.0. The summed E-state index contributed by atoms with van der Waals surface area (Å²) >= 11 is 1.83. The van der Waals surface area contributed by atoms with Crippen LogP contribution in [0.5, 0.6) is 0 Å². The minimum atomic E-state index is 0. The van der Waals surface area contributed by atoms with Crippen LogP contribution >= 0.6 is 35.7 Å². The van der Waals surface area contributed by atoms with Crippen LogP contribution in [0.25, 0.3) is 5.69 Å². The van der Waals surface area contributed by atoms with Crippen LogP contribution in [-0.4, -0.2) is 47.4 Å². The SMILES string of the molecule is CCNC(=NCCCc1cn(-c2ccccc2)nc1C)NCCSC.I. The Hall–Kier alpha value is -1.22. The van der Waals surface area contributed by atoms with Crippen LogP contribution < -0.4 is 10.6 Å². The summed E-state index contributed by atoms with van der Waals surface area (Å²) in [6, 6.07) is 10.2.